The van der Waals surface area contributed by atoms with Crippen molar-refractivity contribution in [2.24, 2.45) is 0 Å². The Morgan fingerprint density at radius 1 is 1.18 bits per heavy atom. The van der Waals surface area contributed by atoms with Crippen LogP contribution in [0.5, 0.6) is 5.75 Å². The number of rotatable bonds is 3. The van der Waals surface area contributed by atoms with E-state index in [1.165, 1.54) is 4.90 Å². The maximum Gasteiger partial charge on any atom is 0.410 e. The number of benzene rings is 1. The van der Waals surface area contributed by atoms with Crippen LogP contribution in [0.15, 0.2) is 24.3 Å². The van der Waals surface area contributed by atoms with E-state index in [-0.39, 0.29) is 5.78 Å². The lowest BCUT2D eigenvalue weighted by Gasteiger charge is -2.28. The van der Waals surface area contributed by atoms with Crippen LogP contribution in [0.2, 0.25) is 0 Å². The molecular formula is C17H23NO4. The number of nitrogens with zero attached hydrogens (tertiary/aromatic N) is 1. The molecule has 1 aliphatic heterocycles. The molecule has 1 heterocycles. The van der Waals surface area contributed by atoms with Gasteiger partial charge in [-0.1, -0.05) is 0 Å². The second kappa shape index (κ2) is 6.38. The zero-order valence-corrected chi connectivity index (χ0v) is 13.6. The van der Waals surface area contributed by atoms with E-state index < -0.39 is 17.7 Å². The van der Waals surface area contributed by atoms with E-state index in [1.54, 1.807) is 31.4 Å². The average molecular weight is 305 g/mol. The van der Waals surface area contributed by atoms with E-state index in [1.807, 2.05) is 20.8 Å². The molecule has 1 fully saturated rings. The van der Waals surface area contributed by atoms with Gasteiger partial charge in [0.05, 0.1) is 13.2 Å². The zero-order valence-electron chi connectivity index (χ0n) is 13.6. The zero-order chi connectivity index (χ0) is 16.3. The average Bonchev–Trinajstić information content (AvgIpc) is 2.94. The first kappa shape index (κ1) is 16.3. The third-order valence-electron chi connectivity index (χ3n) is 3.56. The molecule has 1 aliphatic rings. The molecule has 1 aromatic carbocycles. The fourth-order valence-corrected chi connectivity index (χ4v) is 2.53. The highest BCUT2D eigenvalue weighted by atomic mass is 16.6. The number of ether oxygens (including phenoxy) is 2. The van der Waals surface area contributed by atoms with Crippen molar-refractivity contribution >= 4 is 11.9 Å². The van der Waals surface area contributed by atoms with Crippen molar-refractivity contribution in [1.29, 1.82) is 0 Å². The van der Waals surface area contributed by atoms with Gasteiger partial charge in [-0.05, 0) is 57.9 Å². The summed E-state index contributed by atoms with van der Waals surface area (Å²) in [4.78, 5) is 26.4. The summed E-state index contributed by atoms with van der Waals surface area (Å²) in [5.41, 5.74) is 0.0224. The van der Waals surface area contributed by atoms with Crippen LogP contribution in [0.4, 0.5) is 4.79 Å². The maximum absolute atomic E-state index is 12.6. The van der Waals surface area contributed by atoms with E-state index in [4.69, 9.17) is 9.47 Å². The molecule has 120 valence electrons. The second-order valence-corrected chi connectivity index (χ2v) is 6.42. The van der Waals surface area contributed by atoms with E-state index in [0.717, 1.165) is 6.42 Å². The van der Waals surface area contributed by atoms with Crippen LogP contribution in [0.3, 0.4) is 0 Å². The Hall–Kier alpha value is -2.04. The van der Waals surface area contributed by atoms with Gasteiger partial charge in [0.1, 0.15) is 11.4 Å². The number of Topliss-reactive ketones (excluding diaryl/α,β-unsaturated/α-hetero) is 1. The summed E-state index contributed by atoms with van der Waals surface area (Å²) in [6.07, 6.45) is 1.06. The molecule has 1 saturated heterocycles. The highest BCUT2D eigenvalue weighted by Crippen LogP contribution is 2.24. The highest BCUT2D eigenvalue weighted by Gasteiger charge is 2.36. The number of hydrogen-bond acceptors (Lipinski definition) is 4. The summed E-state index contributed by atoms with van der Waals surface area (Å²) in [5.74, 6) is 0.651. The lowest BCUT2D eigenvalue weighted by molar-refractivity contribution is 0.0222. The molecule has 0 aromatic heterocycles. The van der Waals surface area contributed by atoms with Gasteiger partial charge in [0.2, 0.25) is 0 Å². The summed E-state index contributed by atoms with van der Waals surface area (Å²) < 4.78 is 10.5. The lowest BCUT2D eigenvalue weighted by atomic mass is 10.0. The number of ketones is 1. The third-order valence-corrected chi connectivity index (χ3v) is 3.56. The van der Waals surface area contributed by atoms with Crippen molar-refractivity contribution in [3.63, 3.8) is 0 Å². The highest BCUT2D eigenvalue weighted by molar-refractivity contribution is 6.01. The standard InChI is InChI=1S/C17H23NO4/c1-17(2,3)22-16(20)18-11-5-6-14(18)15(19)12-7-9-13(21-4)10-8-12/h7-10,14H,5-6,11H2,1-4H3/t14-/m0/s1. The lowest BCUT2D eigenvalue weighted by Crippen LogP contribution is -2.43. The molecular weight excluding hydrogens is 282 g/mol. The van der Waals surface area contributed by atoms with Crippen LogP contribution in [0.25, 0.3) is 0 Å². The first-order chi connectivity index (χ1) is 10.3. The van der Waals surface area contributed by atoms with Gasteiger partial charge >= 0.3 is 6.09 Å². The Morgan fingerprint density at radius 2 is 1.82 bits per heavy atom. The van der Waals surface area contributed by atoms with Crippen LogP contribution in [0.1, 0.15) is 44.0 Å². The molecule has 2 rings (SSSR count). The monoisotopic (exact) mass is 305 g/mol. The Bertz CT molecular complexity index is 545. The van der Waals surface area contributed by atoms with E-state index in [0.29, 0.717) is 24.3 Å². The fourth-order valence-electron chi connectivity index (χ4n) is 2.53. The van der Waals surface area contributed by atoms with Gasteiger partial charge in [-0.2, -0.15) is 0 Å². The summed E-state index contributed by atoms with van der Waals surface area (Å²) in [7, 11) is 1.58. The topological polar surface area (TPSA) is 55.8 Å². The molecule has 0 bridgehead atoms. The SMILES string of the molecule is COc1ccc(C(=O)[C@@H]2CCCN2C(=O)OC(C)(C)C)cc1. The van der Waals surface area contributed by atoms with E-state index in [2.05, 4.69) is 0 Å². The first-order valence-electron chi connectivity index (χ1n) is 7.50. The minimum Gasteiger partial charge on any atom is -0.497 e. The predicted molar refractivity (Wildman–Crippen MR) is 83.3 cm³/mol. The predicted octanol–water partition coefficient (Wildman–Crippen LogP) is 3.28. The number of methoxy groups -OCH3 is 1. The Balaban J connectivity index is 2.12. The van der Waals surface area contributed by atoms with Crippen molar-refractivity contribution in [2.75, 3.05) is 13.7 Å². The van der Waals surface area contributed by atoms with Crippen molar-refractivity contribution < 1.29 is 19.1 Å². The Kier molecular flexibility index (Phi) is 4.74. The molecule has 1 atom stereocenters. The van der Waals surface area contributed by atoms with Crippen molar-refractivity contribution in [2.45, 2.75) is 45.3 Å². The van der Waals surface area contributed by atoms with Gasteiger partial charge < -0.3 is 9.47 Å². The summed E-state index contributed by atoms with van der Waals surface area (Å²) in [6.45, 7) is 6.02. The van der Waals surface area contributed by atoms with E-state index >= 15 is 0 Å². The fraction of sp³-hybridized carbons (Fsp3) is 0.529. The molecule has 5 heteroatoms. The van der Waals surface area contributed by atoms with Crippen molar-refractivity contribution in [3.8, 4) is 5.75 Å². The van der Waals surface area contributed by atoms with Gasteiger partial charge in [-0.15, -0.1) is 0 Å². The Morgan fingerprint density at radius 3 is 2.36 bits per heavy atom. The molecule has 1 aromatic rings. The molecule has 0 N–H and O–H groups in total. The number of hydrogen-bond donors (Lipinski definition) is 0. The number of amides is 1. The second-order valence-electron chi connectivity index (χ2n) is 6.42. The van der Waals surface area contributed by atoms with Gasteiger partial charge in [0, 0.05) is 12.1 Å². The smallest absolute Gasteiger partial charge is 0.410 e. The van der Waals surface area contributed by atoms with Gasteiger partial charge in [0.25, 0.3) is 0 Å². The minimum absolute atomic E-state index is 0.0500. The number of carbonyl (C=O) groups excluding carboxylic acids is 2. The quantitative estimate of drug-likeness (QED) is 0.804. The normalized spacial score (nSPS) is 18.2. The molecule has 0 saturated carbocycles. The first-order valence-corrected chi connectivity index (χ1v) is 7.50. The van der Waals surface area contributed by atoms with Gasteiger partial charge in [-0.25, -0.2) is 4.79 Å². The molecule has 0 spiro atoms. The molecule has 5 nitrogen and oxygen atoms in total. The van der Waals surface area contributed by atoms with Crippen LogP contribution in [-0.4, -0.2) is 42.1 Å². The summed E-state index contributed by atoms with van der Waals surface area (Å²) in [6, 6.07) is 6.52. The van der Waals surface area contributed by atoms with Crippen molar-refractivity contribution in [3.05, 3.63) is 29.8 Å². The van der Waals surface area contributed by atoms with Crippen LogP contribution in [-0.2, 0) is 4.74 Å². The molecule has 0 radical (unpaired) electrons. The maximum atomic E-state index is 12.6. The van der Waals surface area contributed by atoms with Crippen LogP contribution < -0.4 is 4.74 Å². The third kappa shape index (κ3) is 3.78. The largest absolute Gasteiger partial charge is 0.497 e. The van der Waals surface area contributed by atoms with Gasteiger partial charge in [0.15, 0.2) is 5.78 Å². The minimum atomic E-state index is -0.562. The van der Waals surface area contributed by atoms with Gasteiger partial charge in [-0.3, -0.25) is 9.69 Å². The van der Waals surface area contributed by atoms with Crippen LogP contribution in [0, 0.1) is 0 Å². The van der Waals surface area contributed by atoms with Crippen molar-refractivity contribution in [1.82, 2.24) is 4.90 Å². The molecule has 22 heavy (non-hydrogen) atoms. The summed E-state index contributed by atoms with van der Waals surface area (Å²) >= 11 is 0. The molecule has 0 unspecified atom stereocenters. The Labute approximate surface area is 131 Å². The molecule has 1 amide bonds. The molecule has 0 aliphatic carbocycles. The number of likely N-dealkylation sites (tertiary alicyclic amines) is 1. The number of carbonyl (C=O) groups is 2. The summed E-state index contributed by atoms with van der Waals surface area (Å²) in [5, 5.41) is 0. The van der Waals surface area contributed by atoms with Crippen LogP contribution >= 0.6 is 0 Å². The van der Waals surface area contributed by atoms with E-state index in [9.17, 15) is 9.59 Å².